The largest absolute Gasteiger partial charge is 0.380 e. The van der Waals surface area contributed by atoms with Gasteiger partial charge in [-0.1, -0.05) is 0 Å². The SMILES string of the molecule is COC1CCCN(c2nc(-c3nccn3C)nc3sc(-c4ccn(C(C)C)n4)c(C)c23)C1. The molecule has 1 aliphatic heterocycles. The third-order valence-corrected chi connectivity index (χ3v) is 7.38. The van der Waals surface area contributed by atoms with Crippen LogP contribution >= 0.6 is 11.3 Å². The highest BCUT2D eigenvalue weighted by molar-refractivity contribution is 7.22. The molecule has 0 bridgehead atoms. The summed E-state index contributed by atoms with van der Waals surface area (Å²) < 4.78 is 9.66. The van der Waals surface area contributed by atoms with Gasteiger partial charge in [0.05, 0.1) is 16.4 Å². The van der Waals surface area contributed by atoms with Gasteiger partial charge in [-0.05, 0) is 45.2 Å². The molecule has 1 saturated heterocycles. The molecule has 5 heterocycles. The summed E-state index contributed by atoms with van der Waals surface area (Å²) in [5.74, 6) is 2.39. The van der Waals surface area contributed by atoms with E-state index in [0.717, 1.165) is 58.4 Å². The lowest BCUT2D eigenvalue weighted by molar-refractivity contribution is 0.0892. The van der Waals surface area contributed by atoms with Gasteiger partial charge in [0.15, 0.2) is 11.6 Å². The second-order valence-corrected chi connectivity index (χ2v) is 9.69. The van der Waals surface area contributed by atoms with E-state index in [-0.39, 0.29) is 6.10 Å². The Morgan fingerprint density at radius 2 is 2.06 bits per heavy atom. The van der Waals surface area contributed by atoms with Crippen molar-refractivity contribution in [2.45, 2.75) is 45.8 Å². The number of anilines is 1. The third kappa shape index (κ3) is 3.59. The first-order valence-corrected chi connectivity index (χ1v) is 11.9. The topological polar surface area (TPSA) is 73.9 Å². The predicted molar refractivity (Wildman–Crippen MR) is 128 cm³/mol. The van der Waals surface area contributed by atoms with Crippen molar-refractivity contribution in [3.63, 3.8) is 0 Å². The summed E-state index contributed by atoms with van der Waals surface area (Å²) in [5.41, 5.74) is 2.16. The van der Waals surface area contributed by atoms with E-state index in [1.165, 1.54) is 5.56 Å². The standard InChI is InChI=1S/C23H29N7OS/c1-14(2)30-11-8-17(27-30)19-15(3)18-21(29-10-6-7-16(13-29)31-5)25-20(26-23(18)32-19)22-24-9-12-28(22)4/h8-9,11-12,14,16H,6-7,10,13H2,1-5H3. The summed E-state index contributed by atoms with van der Waals surface area (Å²) in [5, 5.41) is 5.93. The molecule has 0 radical (unpaired) electrons. The molecule has 1 fully saturated rings. The van der Waals surface area contributed by atoms with Gasteiger partial charge in [0.1, 0.15) is 16.3 Å². The molecule has 32 heavy (non-hydrogen) atoms. The lowest BCUT2D eigenvalue weighted by Crippen LogP contribution is -2.39. The van der Waals surface area contributed by atoms with Crippen molar-refractivity contribution in [3.8, 4) is 22.2 Å². The molecule has 0 amide bonds. The van der Waals surface area contributed by atoms with Crippen molar-refractivity contribution in [3.05, 3.63) is 30.2 Å². The van der Waals surface area contributed by atoms with Gasteiger partial charge in [0.2, 0.25) is 0 Å². The Kier molecular flexibility index (Phi) is 5.46. The number of hydrogen-bond donors (Lipinski definition) is 0. The molecule has 8 nitrogen and oxygen atoms in total. The van der Waals surface area contributed by atoms with Crippen LogP contribution in [0.25, 0.3) is 32.4 Å². The maximum atomic E-state index is 5.69. The number of aryl methyl sites for hydroxylation is 2. The highest BCUT2D eigenvalue weighted by Crippen LogP contribution is 2.42. The molecule has 0 N–H and O–H groups in total. The Morgan fingerprint density at radius 3 is 2.75 bits per heavy atom. The summed E-state index contributed by atoms with van der Waals surface area (Å²) in [7, 11) is 3.77. The number of ether oxygens (including phenoxy) is 1. The van der Waals surface area contributed by atoms with E-state index in [0.29, 0.717) is 11.9 Å². The first-order chi connectivity index (χ1) is 15.5. The van der Waals surface area contributed by atoms with Crippen molar-refractivity contribution in [2.75, 3.05) is 25.1 Å². The van der Waals surface area contributed by atoms with E-state index in [2.05, 4.69) is 36.7 Å². The predicted octanol–water partition coefficient (Wildman–Crippen LogP) is 4.46. The zero-order chi connectivity index (χ0) is 22.4. The maximum absolute atomic E-state index is 5.69. The molecule has 4 aromatic heterocycles. The number of methoxy groups -OCH3 is 1. The average Bonchev–Trinajstić information content (AvgIpc) is 3.52. The minimum Gasteiger partial charge on any atom is -0.380 e. The van der Waals surface area contributed by atoms with Crippen LogP contribution in [-0.2, 0) is 11.8 Å². The smallest absolute Gasteiger partial charge is 0.199 e. The number of hydrogen-bond acceptors (Lipinski definition) is 7. The molecule has 168 valence electrons. The zero-order valence-corrected chi connectivity index (χ0v) is 20.1. The van der Waals surface area contributed by atoms with Crippen LogP contribution < -0.4 is 4.90 Å². The minimum absolute atomic E-state index is 0.213. The van der Waals surface area contributed by atoms with Crippen molar-refractivity contribution in [2.24, 2.45) is 7.05 Å². The van der Waals surface area contributed by atoms with Crippen LogP contribution in [0.3, 0.4) is 0 Å². The number of thiophene rings is 1. The van der Waals surface area contributed by atoms with E-state index in [4.69, 9.17) is 19.8 Å². The second kappa shape index (κ2) is 8.29. The fourth-order valence-electron chi connectivity index (χ4n) is 4.34. The molecule has 1 aliphatic rings. The van der Waals surface area contributed by atoms with Crippen LogP contribution in [0.5, 0.6) is 0 Å². The molecular formula is C23H29N7OS. The van der Waals surface area contributed by atoms with Crippen LogP contribution in [0, 0.1) is 6.92 Å². The Labute approximate surface area is 191 Å². The van der Waals surface area contributed by atoms with Crippen LogP contribution in [0.4, 0.5) is 5.82 Å². The van der Waals surface area contributed by atoms with E-state index in [1.54, 1.807) is 24.6 Å². The molecule has 1 atom stereocenters. The van der Waals surface area contributed by atoms with Gasteiger partial charge < -0.3 is 14.2 Å². The van der Waals surface area contributed by atoms with Crippen molar-refractivity contribution < 1.29 is 4.74 Å². The third-order valence-electron chi connectivity index (χ3n) is 6.17. The van der Waals surface area contributed by atoms with Gasteiger partial charge in [-0.2, -0.15) is 5.10 Å². The van der Waals surface area contributed by atoms with Gasteiger partial charge in [-0.15, -0.1) is 11.3 Å². The minimum atomic E-state index is 0.213. The maximum Gasteiger partial charge on any atom is 0.199 e. The molecule has 0 saturated carbocycles. The van der Waals surface area contributed by atoms with Crippen LogP contribution in [0.15, 0.2) is 24.7 Å². The van der Waals surface area contributed by atoms with Crippen LogP contribution in [0.2, 0.25) is 0 Å². The summed E-state index contributed by atoms with van der Waals surface area (Å²) in [4.78, 5) is 19.0. The highest BCUT2D eigenvalue weighted by Gasteiger charge is 2.27. The lowest BCUT2D eigenvalue weighted by Gasteiger charge is -2.33. The van der Waals surface area contributed by atoms with E-state index in [1.807, 2.05) is 28.7 Å². The molecule has 4 aromatic rings. The van der Waals surface area contributed by atoms with Gasteiger partial charge in [-0.25, -0.2) is 15.0 Å². The number of rotatable bonds is 5. The average molecular weight is 452 g/mol. The Balaban J connectivity index is 1.70. The first-order valence-electron chi connectivity index (χ1n) is 11.1. The fourth-order valence-corrected chi connectivity index (χ4v) is 5.48. The Hall–Kier alpha value is -2.78. The normalized spacial score (nSPS) is 17.1. The van der Waals surface area contributed by atoms with Crippen molar-refractivity contribution >= 4 is 27.4 Å². The van der Waals surface area contributed by atoms with Crippen LogP contribution in [-0.4, -0.2) is 55.6 Å². The summed E-state index contributed by atoms with van der Waals surface area (Å²) in [6.45, 7) is 8.22. The lowest BCUT2D eigenvalue weighted by atomic mass is 10.1. The van der Waals surface area contributed by atoms with Gasteiger partial charge in [0.25, 0.3) is 0 Å². The second-order valence-electron chi connectivity index (χ2n) is 8.69. The first kappa shape index (κ1) is 21.1. The number of fused-ring (bicyclic) bond motifs is 1. The number of piperidine rings is 1. The summed E-state index contributed by atoms with van der Waals surface area (Å²) >= 11 is 1.68. The molecule has 9 heteroatoms. The fraction of sp³-hybridized carbons (Fsp3) is 0.478. The quantitative estimate of drug-likeness (QED) is 0.446. The molecule has 5 rings (SSSR count). The molecule has 0 aliphatic carbocycles. The molecule has 0 aromatic carbocycles. The van der Waals surface area contributed by atoms with E-state index < -0.39 is 0 Å². The Morgan fingerprint density at radius 1 is 1.22 bits per heavy atom. The molecule has 1 unspecified atom stereocenters. The monoisotopic (exact) mass is 451 g/mol. The number of nitrogens with zero attached hydrogens (tertiary/aromatic N) is 7. The summed E-state index contributed by atoms with van der Waals surface area (Å²) in [6.07, 6.45) is 8.13. The van der Waals surface area contributed by atoms with Crippen molar-refractivity contribution in [1.82, 2.24) is 29.3 Å². The highest BCUT2D eigenvalue weighted by atomic mass is 32.1. The molecular weight excluding hydrogens is 422 g/mol. The molecule has 0 spiro atoms. The zero-order valence-electron chi connectivity index (χ0n) is 19.2. The van der Waals surface area contributed by atoms with Gasteiger partial charge in [-0.3, -0.25) is 4.68 Å². The van der Waals surface area contributed by atoms with Crippen LogP contribution in [0.1, 0.15) is 38.3 Å². The van der Waals surface area contributed by atoms with E-state index in [9.17, 15) is 0 Å². The number of imidazole rings is 1. The van der Waals surface area contributed by atoms with Gasteiger partial charge >= 0.3 is 0 Å². The van der Waals surface area contributed by atoms with Crippen molar-refractivity contribution in [1.29, 1.82) is 0 Å². The van der Waals surface area contributed by atoms with E-state index >= 15 is 0 Å². The number of aromatic nitrogens is 6. The Bertz CT molecular complexity index is 1250. The summed E-state index contributed by atoms with van der Waals surface area (Å²) in [6, 6.07) is 2.41. The van der Waals surface area contributed by atoms with Gasteiger partial charge in [0, 0.05) is 51.9 Å².